The fourth-order valence-corrected chi connectivity index (χ4v) is 5.29. The molecule has 0 saturated carbocycles. The summed E-state index contributed by atoms with van der Waals surface area (Å²) in [5, 5.41) is 0.850. The fraction of sp³-hybridized carbons (Fsp3) is 0.290. The molecule has 1 atom stereocenters. The minimum atomic E-state index is -0.403. The van der Waals surface area contributed by atoms with Crippen LogP contribution in [0.25, 0.3) is 11.0 Å². The van der Waals surface area contributed by atoms with Crippen LogP contribution in [0.3, 0.4) is 0 Å². The van der Waals surface area contributed by atoms with Gasteiger partial charge < -0.3 is 23.5 Å². The number of rotatable bonds is 6. The number of carbonyl (C=O) groups is 1. The third-order valence-electron chi connectivity index (χ3n) is 7.06. The van der Waals surface area contributed by atoms with E-state index < -0.39 is 5.63 Å². The second-order valence-corrected chi connectivity index (χ2v) is 9.76. The third-order valence-corrected chi connectivity index (χ3v) is 7.06. The number of hydrogen-bond donors (Lipinski definition) is 0. The minimum absolute atomic E-state index is 0.0500. The first-order chi connectivity index (χ1) is 18.3. The Bertz CT molecular complexity index is 1570. The predicted molar refractivity (Wildman–Crippen MR) is 146 cm³/mol. The molecule has 196 valence electrons. The Morgan fingerprint density at radius 2 is 1.66 bits per heavy atom. The standard InChI is InChI=1S/C31H31NO6/c1-18-10-19(2)12-22(11-18)31(34)32-9-8-21-14-28(35-4)29(36-5)16-25(21)26(32)17-37-23-6-7-24-20(3)13-30(33)38-27(24)15-23/h6-7,10-16,26H,8-9,17H2,1-5H3. The van der Waals surface area contributed by atoms with E-state index in [1.807, 2.05) is 62.1 Å². The smallest absolute Gasteiger partial charge is 0.336 e. The highest BCUT2D eigenvalue weighted by Gasteiger charge is 2.33. The average Bonchev–Trinajstić information content (AvgIpc) is 2.89. The Balaban J connectivity index is 1.53. The van der Waals surface area contributed by atoms with Gasteiger partial charge in [-0.25, -0.2) is 4.79 Å². The summed E-state index contributed by atoms with van der Waals surface area (Å²) in [4.78, 5) is 27.6. The van der Waals surface area contributed by atoms with Crippen LogP contribution in [0, 0.1) is 20.8 Å². The lowest BCUT2D eigenvalue weighted by Gasteiger charge is -2.37. The summed E-state index contributed by atoms with van der Waals surface area (Å²) in [7, 11) is 3.21. The van der Waals surface area contributed by atoms with E-state index in [4.69, 9.17) is 18.6 Å². The van der Waals surface area contributed by atoms with E-state index in [0.29, 0.717) is 41.4 Å². The fourth-order valence-electron chi connectivity index (χ4n) is 5.29. The number of aryl methyl sites for hydroxylation is 3. The number of fused-ring (bicyclic) bond motifs is 2. The zero-order chi connectivity index (χ0) is 27.0. The quantitative estimate of drug-likeness (QED) is 0.315. The number of amides is 1. The van der Waals surface area contributed by atoms with Gasteiger partial charge in [-0.3, -0.25) is 4.79 Å². The number of ether oxygens (including phenoxy) is 3. The molecule has 1 amide bonds. The highest BCUT2D eigenvalue weighted by molar-refractivity contribution is 5.95. The second-order valence-electron chi connectivity index (χ2n) is 9.76. The first kappa shape index (κ1) is 25.4. The molecule has 1 unspecified atom stereocenters. The molecule has 38 heavy (non-hydrogen) atoms. The molecule has 0 saturated heterocycles. The minimum Gasteiger partial charge on any atom is -0.493 e. The van der Waals surface area contributed by atoms with Crippen LogP contribution in [0.1, 0.15) is 44.2 Å². The number of hydrogen-bond acceptors (Lipinski definition) is 6. The highest BCUT2D eigenvalue weighted by atomic mass is 16.5. The van der Waals surface area contributed by atoms with E-state index >= 15 is 0 Å². The molecule has 0 fully saturated rings. The van der Waals surface area contributed by atoms with Crippen molar-refractivity contribution in [1.29, 1.82) is 0 Å². The first-order valence-corrected chi connectivity index (χ1v) is 12.6. The SMILES string of the molecule is COc1cc2c(cc1OC)C(COc1ccc3c(C)cc(=O)oc3c1)N(C(=O)c1cc(C)cc(C)c1)CC2. The largest absolute Gasteiger partial charge is 0.493 e. The van der Waals surface area contributed by atoms with Crippen molar-refractivity contribution in [3.05, 3.63) is 98.4 Å². The number of methoxy groups -OCH3 is 2. The first-order valence-electron chi connectivity index (χ1n) is 12.6. The molecule has 1 aliphatic heterocycles. The molecule has 7 nitrogen and oxygen atoms in total. The summed E-state index contributed by atoms with van der Waals surface area (Å²) in [6.45, 7) is 6.60. The summed E-state index contributed by atoms with van der Waals surface area (Å²) in [5.74, 6) is 1.75. The molecule has 7 heteroatoms. The van der Waals surface area contributed by atoms with E-state index in [2.05, 4.69) is 6.07 Å². The maximum absolute atomic E-state index is 13.8. The van der Waals surface area contributed by atoms with Gasteiger partial charge in [0.15, 0.2) is 11.5 Å². The molecule has 0 N–H and O–H groups in total. The Labute approximate surface area is 221 Å². The molecule has 4 aromatic rings. The molecule has 0 aliphatic carbocycles. The molecule has 0 bridgehead atoms. The molecule has 5 rings (SSSR count). The summed E-state index contributed by atoms with van der Waals surface area (Å²) >= 11 is 0. The monoisotopic (exact) mass is 513 g/mol. The van der Waals surface area contributed by atoms with Gasteiger partial charge >= 0.3 is 5.63 Å². The van der Waals surface area contributed by atoms with E-state index in [-0.39, 0.29) is 18.6 Å². The highest BCUT2D eigenvalue weighted by Crippen LogP contribution is 2.39. The van der Waals surface area contributed by atoms with Crippen molar-refractivity contribution in [2.24, 2.45) is 0 Å². The Morgan fingerprint density at radius 1 is 0.947 bits per heavy atom. The van der Waals surface area contributed by atoms with Crippen molar-refractivity contribution in [3.63, 3.8) is 0 Å². The van der Waals surface area contributed by atoms with Crippen molar-refractivity contribution in [2.45, 2.75) is 33.2 Å². The zero-order valence-electron chi connectivity index (χ0n) is 22.3. The van der Waals surface area contributed by atoms with E-state index in [0.717, 1.165) is 33.2 Å². The van der Waals surface area contributed by atoms with E-state index in [1.165, 1.54) is 6.07 Å². The van der Waals surface area contributed by atoms with Gasteiger partial charge in [0.2, 0.25) is 0 Å². The van der Waals surface area contributed by atoms with Crippen molar-refractivity contribution in [3.8, 4) is 17.2 Å². The van der Waals surface area contributed by atoms with Crippen LogP contribution in [-0.2, 0) is 6.42 Å². The molecule has 3 aromatic carbocycles. The number of carbonyl (C=O) groups excluding carboxylic acids is 1. The van der Waals surface area contributed by atoms with Crippen molar-refractivity contribution < 1.29 is 23.4 Å². The van der Waals surface area contributed by atoms with Gasteiger partial charge in [-0.15, -0.1) is 0 Å². The lowest BCUT2D eigenvalue weighted by molar-refractivity contribution is 0.0589. The molecule has 1 aromatic heterocycles. The molecular formula is C31H31NO6. The number of nitrogens with zero attached hydrogens (tertiary/aromatic N) is 1. The lowest BCUT2D eigenvalue weighted by Crippen LogP contribution is -2.42. The van der Waals surface area contributed by atoms with Crippen LogP contribution in [0.15, 0.2) is 63.8 Å². The average molecular weight is 514 g/mol. The van der Waals surface area contributed by atoms with Gasteiger partial charge in [0.1, 0.15) is 17.9 Å². The van der Waals surface area contributed by atoms with Gasteiger partial charge in [0, 0.05) is 29.6 Å². The van der Waals surface area contributed by atoms with Crippen molar-refractivity contribution >= 4 is 16.9 Å². The summed E-state index contributed by atoms with van der Waals surface area (Å²) in [6, 6.07) is 16.4. The summed E-state index contributed by atoms with van der Waals surface area (Å²) in [5.41, 5.74) is 5.67. The van der Waals surface area contributed by atoms with Crippen LogP contribution in [0.2, 0.25) is 0 Å². The van der Waals surface area contributed by atoms with E-state index in [1.54, 1.807) is 20.3 Å². The molecule has 2 heterocycles. The Kier molecular flexibility index (Phi) is 6.85. The Hall–Kier alpha value is -4.26. The van der Waals surface area contributed by atoms with Gasteiger partial charge in [-0.2, -0.15) is 0 Å². The summed E-state index contributed by atoms with van der Waals surface area (Å²) in [6.07, 6.45) is 0.684. The maximum Gasteiger partial charge on any atom is 0.336 e. The van der Waals surface area contributed by atoms with Crippen molar-refractivity contribution in [1.82, 2.24) is 4.90 Å². The zero-order valence-corrected chi connectivity index (χ0v) is 22.3. The van der Waals surface area contributed by atoms with Crippen molar-refractivity contribution in [2.75, 3.05) is 27.4 Å². The van der Waals surface area contributed by atoms with Crippen LogP contribution >= 0.6 is 0 Å². The predicted octanol–water partition coefficient (Wildman–Crippen LogP) is 5.55. The molecule has 0 radical (unpaired) electrons. The van der Waals surface area contributed by atoms with Gasteiger partial charge in [-0.05, 0) is 80.3 Å². The van der Waals surface area contributed by atoms with E-state index in [9.17, 15) is 9.59 Å². The third kappa shape index (κ3) is 4.84. The van der Waals surface area contributed by atoms with Gasteiger partial charge in [0.25, 0.3) is 5.91 Å². The second kappa shape index (κ2) is 10.2. The van der Waals surface area contributed by atoms with Crippen LogP contribution in [0.4, 0.5) is 0 Å². The van der Waals surface area contributed by atoms with Gasteiger partial charge in [0.05, 0.1) is 20.3 Å². The molecular weight excluding hydrogens is 482 g/mol. The molecule has 1 aliphatic rings. The summed E-state index contributed by atoms with van der Waals surface area (Å²) < 4.78 is 22.8. The van der Waals surface area contributed by atoms with Crippen LogP contribution in [0.5, 0.6) is 17.2 Å². The number of benzene rings is 3. The topological polar surface area (TPSA) is 78.2 Å². The Morgan fingerprint density at radius 3 is 2.37 bits per heavy atom. The maximum atomic E-state index is 13.8. The lowest BCUT2D eigenvalue weighted by atomic mass is 9.91. The van der Waals surface area contributed by atoms with Crippen LogP contribution in [-0.4, -0.2) is 38.2 Å². The van der Waals surface area contributed by atoms with Crippen LogP contribution < -0.4 is 19.8 Å². The normalized spacial score (nSPS) is 14.8. The van der Waals surface area contributed by atoms with Gasteiger partial charge in [-0.1, -0.05) is 17.2 Å². The molecule has 0 spiro atoms.